The lowest BCUT2D eigenvalue weighted by atomic mass is 9.33. The smallest absolute Gasteiger partial charge is 0.336 e. The molecule has 45 nitrogen and oxygen atoms in total. The molecule has 50 unspecified atom stereocenters. The van der Waals surface area contributed by atoms with Gasteiger partial charge in [-0.25, -0.2) is 4.79 Å². The number of carbonyl (C=O) groups excluding carboxylic acids is 3. The fraction of sp³-hybridized carbons (Fsp3) is 0.885. The summed E-state index contributed by atoms with van der Waals surface area (Å²) in [4.78, 5) is 44.5. The number of aliphatic hydroxyl groups excluding tert-OH is 23. The van der Waals surface area contributed by atoms with Crippen molar-refractivity contribution in [3.05, 3.63) is 48.6 Å². The Labute approximate surface area is 817 Å². The zero-order chi connectivity index (χ0) is 104. The molecule has 141 heavy (non-hydrogen) atoms. The summed E-state index contributed by atoms with van der Waals surface area (Å²) in [6, 6.07) is 0. The highest BCUT2D eigenvalue weighted by Crippen LogP contribution is 2.76. The molecular formula is C96H154O45. The maximum absolute atomic E-state index is 16.3. The van der Waals surface area contributed by atoms with E-state index in [4.69, 9.17) is 85.3 Å². The van der Waals surface area contributed by atoms with Crippen molar-refractivity contribution >= 4 is 17.9 Å². The molecule has 0 spiro atoms. The predicted molar refractivity (Wildman–Crippen MR) is 477 cm³/mol. The van der Waals surface area contributed by atoms with Gasteiger partial charge in [-0.3, -0.25) is 9.59 Å². The Bertz CT molecular complexity index is 4240. The molecule has 5 aliphatic carbocycles. The lowest BCUT2D eigenvalue weighted by Gasteiger charge is -2.71. The predicted octanol–water partition coefficient (Wildman–Crippen LogP) is -4.95. The molecule has 0 bridgehead atoms. The first-order chi connectivity index (χ1) is 66.1. The molecule has 8 heterocycles. The maximum Gasteiger partial charge on any atom is 0.336 e. The van der Waals surface area contributed by atoms with Gasteiger partial charge in [0, 0.05) is 11.8 Å². The second kappa shape index (κ2) is 45.1. The van der Waals surface area contributed by atoms with E-state index in [9.17, 15) is 132 Å². The molecular weight excluding hydrogens is 1870 g/mol. The minimum Gasteiger partial charge on any atom is -0.458 e. The molecule has 0 aromatic rings. The van der Waals surface area contributed by atoms with Gasteiger partial charge in [0.05, 0.1) is 92.7 Å². The number of fused-ring (bicyclic) bond motifs is 7. The highest BCUT2D eigenvalue weighted by molar-refractivity contribution is 5.89. The number of carbonyl (C=O) groups is 3. The first kappa shape index (κ1) is 114. The Morgan fingerprint density at radius 2 is 0.993 bits per heavy atom. The van der Waals surface area contributed by atoms with Gasteiger partial charge >= 0.3 is 17.9 Å². The monoisotopic (exact) mass is 2030 g/mol. The van der Waals surface area contributed by atoms with Crippen molar-refractivity contribution in [3.8, 4) is 0 Å². The molecule has 8 aliphatic heterocycles. The van der Waals surface area contributed by atoms with Gasteiger partial charge in [0.15, 0.2) is 50.1 Å². The van der Waals surface area contributed by atoms with Gasteiger partial charge in [-0.1, -0.05) is 85.3 Å². The summed E-state index contributed by atoms with van der Waals surface area (Å²) in [5.41, 5.74) is -6.69. The van der Waals surface area contributed by atoms with Crippen LogP contribution < -0.4 is 0 Å². The zero-order valence-corrected chi connectivity index (χ0v) is 81.8. The first-order valence-electron chi connectivity index (χ1n) is 49.2. The second-order valence-electron chi connectivity index (χ2n) is 43.7. The number of hydrogen-bond acceptors (Lipinski definition) is 45. The quantitative estimate of drug-likeness (QED) is 0.00943. The normalized spacial score (nSPS) is 48.4. The van der Waals surface area contributed by atoms with E-state index in [1.807, 2.05) is 13.8 Å². The number of aliphatic hydroxyl groups is 24. The average molecular weight is 2030 g/mol. The van der Waals surface area contributed by atoms with Crippen LogP contribution in [0.2, 0.25) is 0 Å². The van der Waals surface area contributed by atoms with E-state index >= 15 is 4.79 Å². The van der Waals surface area contributed by atoms with Crippen LogP contribution in [0.15, 0.2) is 48.6 Å². The average Bonchev–Trinajstić information content (AvgIpc) is 0.670. The lowest BCUT2D eigenvalue weighted by molar-refractivity contribution is -0.384. The molecule has 0 amide bonds. The summed E-state index contributed by atoms with van der Waals surface area (Å²) < 4.78 is 108. The van der Waals surface area contributed by atoms with E-state index in [0.717, 1.165) is 5.57 Å². The number of esters is 3. The van der Waals surface area contributed by atoms with Crippen molar-refractivity contribution in [2.75, 3.05) is 46.2 Å². The lowest BCUT2D eigenvalue weighted by Crippen LogP contribution is -2.67. The van der Waals surface area contributed by atoms with E-state index < -0.39 is 365 Å². The van der Waals surface area contributed by atoms with E-state index in [2.05, 4.69) is 53.9 Å². The third-order valence-electron chi connectivity index (χ3n) is 33.8. The van der Waals surface area contributed by atoms with Gasteiger partial charge in [-0.05, 0) is 151 Å². The van der Waals surface area contributed by atoms with Crippen LogP contribution in [0.1, 0.15) is 173 Å². The van der Waals surface area contributed by atoms with Crippen LogP contribution in [0.5, 0.6) is 0 Å². The minimum absolute atomic E-state index is 0.0104. The van der Waals surface area contributed by atoms with Crippen molar-refractivity contribution < 1.29 is 222 Å². The molecule has 50 atom stereocenters. The molecule has 8 saturated heterocycles. The summed E-state index contributed by atoms with van der Waals surface area (Å²) in [7, 11) is 0. The number of hydrogen-bond donors (Lipinski definition) is 24. The van der Waals surface area contributed by atoms with Crippen LogP contribution in [0.3, 0.4) is 0 Å². The Morgan fingerprint density at radius 3 is 1.57 bits per heavy atom. The minimum atomic E-state index is -2.15. The van der Waals surface area contributed by atoms with Gasteiger partial charge in [-0.2, -0.15) is 0 Å². The molecule has 808 valence electrons. The van der Waals surface area contributed by atoms with Gasteiger partial charge in [-0.15, -0.1) is 13.2 Å². The standard InChI is InChI=1S/C96H154O45/c1-15-91(10,123)25-17-19-40(3)78(120)135-73-42(5)127-87(70(117)62(73)109)141-92(11,16-2)26-18-20-43(33-97)79(121)133-55-32-96(88(122)140-81-66(113)58(105)51(39-125-81)132-85-71(118)77(60(107)47(34-98)128-85)139-84-69(116)64(111)74(50(37-101)131-84)136-82-67(114)61(108)56(103)41(4)126-82)30-29-94(13)44(45(96)31-89(55,6)7)21-22-53-93(12)27-24-54(90(8,9)52(93)23-28-95(53,94)14)134-83-68(115)63(110)75(49(36-100)130-83)137-86-72(119)76(59(106)48(35-99)129-86)138-80-65(112)57(104)46(102)38-124-80/h15-16,20-21,40-42,45-77,80-87,97-119,123H,1-2,17-19,22-39H2,3-14H3. The molecule has 12 fully saturated rings. The Kier molecular flexibility index (Phi) is 36.5. The number of rotatable bonds is 34. The van der Waals surface area contributed by atoms with Crippen LogP contribution in [0, 0.1) is 56.2 Å². The molecule has 13 rings (SSSR count). The summed E-state index contributed by atoms with van der Waals surface area (Å²) in [5.74, 6) is -3.97. The van der Waals surface area contributed by atoms with Crippen LogP contribution in [0.4, 0.5) is 0 Å². The summed E-state index contributed by atoms with van der Waals surface area (Å²) in [6.45, 7) is 24.4. The van der Waals surface area contributed by atoms with Crippen LogP contribution in [0.25, 0.3) is 0 Å². The van der Waals surface area contributed by atoms with Gasteiger partial charge < -0.3 is 208 Å². The topological polar surface area (TPSA) is 703 Å². The van der Waals surface area contributed by atoms with Gasteiger partial charge in [0.25, 0.3) is 0 Å². The van der Waals surface area contributed by atoms with Crippen LogP contribution in [-0.2, 0) is 99.6 Å². The SMILES string of the molecule is C=CC(C)(O)CCCC(C)C(=O)OC1C(C)OC(OC(C)(C=C)CCC=C(CO)C(=O)OC2CC3(C(=O)OC4OCC(OC5OC(CO)C(O)C(OC6OC(CO)C(OC7OC(C)C(O)C(O)C7O)C(O)C6O)C5O)C(O)C4O)CCC4(C)C(=CCC5C6(C)CCC(OC7OC(CO)C(OC8OC(CO)C(O)C(OC9OCC(O)C(O)C9O)C8O)C(O)C7O)C(C)(C)C6CCC54C)C3CC2(C)C)C(O)C1O. The summed E-state index contributed by atoms with van der Waals surface area (Å²) in [5, 5.41) is 266. The zero-order valence-electron chi connectivity index (χ0n) is 81.8. The molecule has 0 radical (unpaired) electrons. The van der Waals surface area contributed by atoms with Gasteiger partial charge in [0.2, 0.25) is 6.29 Å². The first-order valence-corrected chi connectivity index (χ1v) is 49.2. The van der Waals surface area contributed by atoms with E-state index in [0.29, 0.717) is 57.8 Å². The largest absolute Gasteiger partial charge is 0.458 e. The van der Waals surface area contributed by atoms with Crippen LogP contribution in [-0.4, -0.2) is 444 Å². The second-order valence-corrected chi connectivity index (χ2v) is 43.7. The van der Waals surface area contributed by atoms with E-state index in [1.54, 1.807) is 20.8 Å². The third-order valence-corrected chi connectivity index (χ3v) is 33.8. The molecule has 13 aliphatic rings. The Morgan fingerprint density at radius 1 is 0.482 bits per heavy atom. The highest BCUT2D eigenvalue weighted by atomic mass is 16.8. The van der Waals surface area contributed by atoms with Crippen LogP contribution >= 0.6 is 0 Å². The van der Waals surface area contributed by atoms with Crippen molar-refractivity contribution in [3.63, 3.8) is 0 Å². The molecule has 0 aromatic heterocycles. The fourth-order valence-corrected chi connectivity index (χ4v) is 24.4. The van der Waals surface area contributed by atoms with Crippen molar-refractivity contribution in [1.82, 2.24) is 0 Å². The van der Waals surface area contributed by atoms with Crippen molar-refractivity contribution in [1.29, 1.82) is 0 Å². The molecule has 45 heteroatoms. The highest BCUT2D eigenvalue weighted by Gasteiger charge is 2.72. The van der Waals surface area contributed by atoms with Gasteiger partial charge in [0.1, 0.15) is 171 Å². The van der Waals surface area contributed by atoms with E-state index in [1.165, 1.54) is 32.1 Å². The molecule has 0 aromatic carbocycles. The fourth-order valence-electron chi connectivity index (χ4n) is 24.4. The third kappa shape index (κ3) is 22.4. The van der Waals surface area contributed by atoms with E-state index in [-0.39, 0.29) is 49.5 Å². The van der Waals surface area contributed by atoms with Crippen molar-refractivity contribution in [2.24, 2.45) is 56.2 Å². The number of allylic oxidation sites excluding steroid dienone is 3. The Hall–Kier alpha value is -4.19. The van der Waals surface area contributed by atoms with Crippen molar-refractivity contribution in [2.45, 2.75) is 430 Å². The summed E-state index contributed by atoms with van der Waals surface area (Å²) >= 11 is 0. The number of ether oxygens (including phenoxy) is 18. The Balaban J connectivity index is 0.713. The molecule has 24 N–H and O–H groups in total. The summed E-state index contributed by atoms with van der Waals surface area (Å²) in [6.07, 6.45) is -57.4. The molecule has 4 saturated carbocycles. The maximum atomic E-state index is 16.3.